The topological polar surface area (TPSA) is 79.0 Å². The monoisotopic (exact) mass is 324 g/mol. The van der Waals surface area contributed by atoms with Gasteiger partial charge in [0.1, 0.15) is 17.9 Å². The Morgan fingerprint density at radius 3 is 2.83 bits per heavy atom. The van der Waals surface area contributed by atoms with Crippen LogP contribution in [0.25, 0.3) is 10.2 Å². The number of hydrogen-bond donors (Lipinski definition) is 0. The summed E-state index contributed by atoms with van der Waals surface area (Å²) in [7, 11) is 0. The first-order valence-electron chi connectivity index (χ1n) is 6.85. The fourth-order valence-electron chi connectivity index (χ4n) is 2.24. The van der Waals surface area contributed by atoms with E-state index >= 15 is 0 Å². The average molecular weight is 324 g/mol. The van der Waals surface area contributed by atoms with Crippen LogP contribution in [0.4, 0.5) is 5.69 Å². The second kappa shape index (κ2) is 6.42. The van der Waals surface area contributed by atoms with Crippen molar-refractivity contribution in [3.8, 4) is 6.07 Å². The molecule has 6 nitrogen and oxygen atoms in total. The lowest BCUT2D eigenvalue weighted by atomic mass is 10.3. The van der Waals surface area contributed by atoms with E-state index in [4.69, 9.17) is 5.26 Å². The molecule has 114 valence electrons. The molecule has 0 aliphatic carbocycles. The second-order valence-electron chi connectivity index (χ2n) is 4.79. The van der Waals surface area contributed by atoms with Gasteiger partial charge in [0.2, 0.25) is 5.91 Å². The summed E-state index contributed by atoms with van der Waals surface area (Å²) in [6.45, 7) is -0.236. The van der Waals surface area contributed by atoms with Crippen LogP contribution in [0.5, 0.6) is 0 Å². The third-order valence-corrected chi connectivity index (χ3v) is 4.17. The summed E-state index contributed by atoms with van der Waals surface area (Å²) in [5.41, 5.74) is 0.367. The lowest BCUT2D eigenvalue weighted by molar-refractivity contribution is -0.119. The lowest BCUT2D eigenvalue weighted by Crippen LogP contribution is -2.36. The summed E-state index contributed by atoms with van der Waals surface area (Å²) in [5, 5.41) is 11.2. The van der Waals surface area contributed by atoms with Crippen molar-refractivity contribution in [2.75, 3.05) is 11.4 Å². The number of aromatic nitrogens is 2. The van der Waals surface area contributed by atoms with Crippen LogP contribution in [-0.4, -0.2) is 22.0 Å². The SMILES string of the molecule is N#CCN(C(=O)Cn1cnc2sccc2c1=O)c1ccccc1. The molecule has 1 aromatic carbocycles. The molecule has 1 amide bonds. The molecule has 0 aliphatic heterocycles. The fourth-order valence-corrected chi connectivity index (χ4v) is 2.96. The third kappa shape index (κ3) is 2.98. The molecule has 3 rings (SSSR count). The minimum Gasteiger partial charge on any atom is -0.297 e. The number of thiophene rings is 1. The Bertz CT molecular complexity index is 940. The number of carbonyl (C=O) groups excluding carboxylic acids is 1. The number of anilines is 1. The predicted molar refractivity (Wildman–Crippen MR) is 88.3 cm³/mol. The molecule has 23 heavy (non-hydrogen) atoms. The Labute approximate surface area is 135 Å². The molecule has 7 heteroatoms. The van der Waals surface area contributed by atoms with E-state index in [2.05, 4.69) is 4.98 Å². The van der Waals surface area contributed by atoms with Crippen molar-refractivity contribution in [2.45, 2.75) is 6.54 Å². The number of nitriles is 1. The summed E-state index contributed by atoms with van der Waals surface area (Å²) in [6.07, 6.45) is 1.37. The van der Waals surface area contributed by atoms with Crippen molar-refractivity contribution < 1.29 is 4.79 Å². The quantitative estimate of drug-likeness (QED) is 0.688. The Balaban J connectivity index is 1.90. The molecule has 0 saturated carbocycles. The number of rotatable bonds is 4. The van der Waals surface area contributed by atoms with Gasteiger partial charge in [-0.15, -0.1) is 11.3 Å². The molecule has 0 aliphatic rings. The van der Waals surface area contributed by atoms with E-state index in [0.717, 1.165) is 0 Å². The van der Waals surface area contributed by atoms with Crippen LogP contribution < -0.4 is 10.5 Å². The Kier molecular flexibility index (Phi) is 4.17. The molecule has 0 bridgehead atoms. The molecule has 0 unspecified atom stereocenters. The highest BCUT2D eigenvalue weighted by Crippen LogP contribution is 2.15. The number of para-hydroxylation sites is 1. The summed E-state index contributed by atoms with van der Waals surface area (Å²) >= 11 is 1.38. The maximum Gasteiger partial charge on any atom is 0.262 e. The summed E-state index contributed by atoms with van der Waals surface area (Å²) in [4.78, 5) is 31.0. The smallest absolute Gasteiger partial charge is 0.262 e. The molecule has 0 spiro atoms. The van der Waals surface area contributed by atoms with Crippen molar-refractivity contribution in [1.29, 1.82) is 5.26 Å². The van der Waals surface area contributed by atoms with E-state index in [-0.39, 0.29) is 24.6 Å². The number of carbonyl (C=O) groups is 1. The molecule has 0 fully saturated rings. The number of fused-ring (bicyclic) bond motifs is 1. The van der Waals surface area contributed by atoms with Crippen molar-refractivity contribution in [1.82, 2.24) is 9.55 Å². The van der Waals surface area contributed by atoms with Crippen LogP contribution in [0.1, 0.15) is 0 Å². The first-order chi connectivity index (χ1) is 11.2. The van der Waals surface area contributed by atoms with Crippen LogP contribution in [-0.2, 0) is 11.3 Å². The fraction of sp³-hybridized carbons (Fsp3) is 0.125. The second-order valence-corrected chi connectivity index (χ2v) is 5.69. The molecular formula is C16H12N4O2S. The maximum absolute atomic E-state index is 12.5. The van der Waals surface area contributed by atoms with Crippen molar-refractivity contribution >= 4 is 33.1 Å². The van der Waals surface area contributed by atoms with Crippen LogP contribution in [0.15, 0.2) is 52.9 Å². The summed E-state index contributed by atoms with van der Waals surface area (Å²) in [5.74, 6) is -0.337. The minimum absolute atomic E-state index is 0.0777. The zero-order chi connectivity index (χ0) is 16.2. The van der Waals surface area contributed by atoms with Gasteiger partial charge in [-0.1, -0.05) is 18.2 Å². The van der Waals surface area contributed by atoms with E-state index in [1.807, 2.05) is 12.1 Å². The maximum atomic E-state index is 12.5. The normalized spacial score (nSPS) is 10.4. The molecular weight excluding hydrogens is 312 g/mol. The largest absolute Gasteiger partial charge is 0.297 e. The van der Waals surface area contributed by atoms with E-state index in [1.54, 1.807) is 35.7 Å². The van der Waals surface area contributed by atoms with Gasteiger partial charge >= 0.3 is 0 Å². The van der Waals surface area contributed by atoms with E-state index in [9.17, 15) is 9.59 Å². The van der Waals surface area contributed by atoms with E-state index in [0.29, 0.717) is 15.9 Å². The van der Waals surface area contributed by atoms with E-state index in [1.165, 1.54) is 27.1 Å². The van der Waals surface area contributed by atoms with Gasteiger partial charge in [-0.3, -0.25) is 19.1 Å². The Morgan fingerprint density at radius 1 is 1.30 bits per heavy atom. The van der Waals surface area contributed by atoms with Gasteiger partial charge in [-0.25, -0.2) is 4.98 Å². The number of hydrogen-bond acceptors (Lipinski definition) is 5. The zero-order valence-electron chi connectivity index (χ0n) is 12.0. The highest BCUT2D eigenvalue weighted by atomic mass is 32.1. The Morgan fingerprint density at radius 2 is 2.09 bits per heavy atom. The third-order valence-electron chi connectivity index (χ3n) is 3.35. The number of benzene rings is 1. The Hall–Kier alpha value is -2.98. The number of amides is 1. The van der Waals surface area contributed by atoms with Crippen molar-refractivity contribution in [3.63, 3.8) is 0 Å². The molecule has 2 aromatic heterocycles. The molecule has 0 radical (unpaired) electrons. The van der Waals surface area contributed by atoms with Crippen LogP contribution in [0.3, 0.4) is 0 Å². The van der Waals surface area contributed by atoms with Gasteiger partial charge in [0, 0.05) is 5.69 Å². The standard InChI is InChI=1S/C16H12N4O2S/c17-7-8-20(12-4-2-1-3-5-12)14(21)10-19-11-18-15-13(16(19)22)6-9-23-15/h1-6,9,11H,8,10H2. The molecule has 0 N–H and O–H groups in total. The highest BCUT2D eigenvalue weighted by molar-refractivity contribution is 7.16. The first kappa shape index (κ1) is 14.9. The zero-order valence-corrected chi connectivity index (χ0v) is 12.9. The van der Waals surface area contributed by atoms with Gasteiger partial charge in [0.25, 0.3) is 5.56 Å². The van der Waals surface area contributed by atoms with Gasteiger partial charge < -0.3 is 0 Å². The van der Waals surface area contributed by atoms with Crippen LogP contribution >= 0.6 is 11.3 Å². The molecule has 0 atom stereocenters. The van der Waals surface area contributed by atoms with E-state index < -0.39 is 0 Å². The lowest BCUT2D eigenvalue weighted by Gasteiger charge is -2.20. The minimum atomic E-state index is -0.337. The summed E-state index contributed by atoms with van der Waals surface area (Å²) in [6, 6.07) is 12.6. The van der Waals surface area contributed by atoms with Gasteiger partial charge in [-0.05, 0) is 23.6 Å². The highest BCUT2D eigenvalue weighted by Gasteiger charge is 2.17. The van der Waals surface area contributed by atoms with Crippen molar-refractivity contribution in [3.05, 3.63) is 58.5 Å². The first-order valence-corrected chi connectivity index (χ1v) is 7.73. The molecule has 0 saturated heterocycles. The van der Waals surface area contributed by atoms with Crippen LogP contribution in [0.2, 0.25) is 0 Å². The van der Waals surface area contributed by atoms with Crippen LogP contribution in [0, 0.1) is 11.3 Å². The predicted octanol–water partition coefficient (Wildman–Crippen LogP) is 2.01. The number of nitrogens with zero attached hydrogens (tertiary/aromatic N) is 4. The van der Waals surface area contributed by atoms with Gasteiger partial charge in [-0.2, -0.15) is 5.26 Å². The van der Waals surface area contributed by atoms with Gasteiger partial charge in [0.15, 0.2) is 0 Å². The van der Waals surface area contributed by atoms with Gasteiger partial charge in [0.05, 0.1) is 17.8 Å². The molecule has 2 heterocycles. The average Bonchev–Trinajstić information content (AvgIpc) is 3.05. The molecule has 3 aromatic rings. The van der Waals surface area contributed by atoms with Crippen molar-refractivity contribution in [2.24, 2.45) is 0 Å². The summed E-state index contributed by atoms with van der Waals surface area (Å²) < 4.78 is 1.27.